The Morgan fingerprint density at radius 3 is 2.42 bits per heavy atom. The Morgan fingerprint density at radius 1 is 1.10 bits per heavy atom. The van der Waals surface area contributed by atoms with Gasteiger partial charge in [0.25, 0.3) is 11.1 Å². The number of sulfonamides is 1. The van der Waals surface area contributed by atoms with Crippen LogP contribution >= 0.6 is 11.8 Å². The standard InChI is InChI=1S/C21H25N3O5S2/c1-23(2)21(26)30-18-9-5-4-8-16(18)22-20(25)15-10-11-17(29-3)19(14-15)31(27,28)24-12-6-7-13-24/h4-5,8-11,14H,6-7,12-13H2,1-3H3,(H,22,25). The summed E-state index contributed by atoms with van der Waals surface area (Å²) in [4.78, 5) is 27.0. The van der Waals surface area contributed by atoms with E-state index in [2.05, 4.69) is 5.32 Å². The molecule has 10 heteroatoms. The number of nitrogens with zero attached hydrogens (tertiary/aromatic N) is 2. The molecular formula is C21H25N3O5S2. The number of para-hydroxylation sites is 1. The summed E-state index contributed by atoms with van der Waals surface area (Å²) in [5, 5.41) is 2.60. The minimum atomic E-state index is -3.77. The molecule has 1 N–H and O–H groups in total. The molecule has 1 fully saturated rings. The van der Waals surface area contributed by atoms with E-state index >= 15 is 0 Å². The van der Waals surface area contributed by atoms with E-state index in [0.717, 1.165) is 24.6 Å². The van der Waals surface area contributed by atoms with Crippen molar-refractivity contribution in [3.8, 4) is 5.75 Å². The normalized spacial score (nSPS) is 14.3. The number of carbonyl (C=O) groups excluding carboxylic acids is 2. The molecule has 1 aliphatic rings. The fourth-order valence-corrected chi connectivity index (χ4v) is 5.57. The summed E-state index contributed by atoms with van der Waals surface area (Å²) < 4.78 is 32.8. The van der Waals surface area contributed by atoms with Crippen molar-refractivity contribution in [2.24, 2.45) is 0 Å². The number of rotatable bonds is 6. The van der Waals surface area contributed by atoms with Gasteiger partial charge in [-0.2, -0.15) is 4.31 Å². The fraction of sp³-hybridized carbons (Fsp3) is 0.333. The Bertz CT molecular complexity index is 1080. The molecule has 0 unspecified atom stereocenters. The average molecular weight is 464 g/mol. The van der Waals surface area contributed by atoms with Crippen LogP contribution < -0.4 is 10.1 Å². The van der Waals surface area contributed by atoms with Gasteiger partial charge in [0.05, 0.1) is 12.8 Å². The molecule has 8 nitrogen and oxygen atoms in total. The molecule has 1 saturated heterocycles. The van der Waals surface area contributed by atoms with E-state index in [1.807, 2.05) is 0 Å². The van der Waals surface area contributed by atoms with Gasteiger partial charge >= 0.3 is 0 Å². The lowest BCUT2D eigenvalue weighted by Gasteiger charge is -2.18. The van der Waals surface area contributed by atoms with E-state index in [1.165, 1.54) is 34.5 Å². The maximum Gasteiger partial charge on any atom is 0.286 e. The van der Waals surface area contributed by atoms with Crippen molar-refractivity contribution < 1.29 is 22.7 Å². The fourth-order valence-electron chi connectivity index (χ4n) is 3.13. The second kappa shape index (κ2) is 9.71. The highest BCUT2D eigenvalue weighted by Gasteiger charge is 2.30. The number of carbonyl (C=O) groups is 2. The minimum absolute atomic E-state index is 0.0324. The van der Waals surface area contributed by atoms with E-state index < -0.39 is 15.9 Å². The van der Waals surface area contributed by atoms with Crippen LogP contribution in [-0.2, 0) is 10.0 Å². The van der Waals surface area contributed by atoms with Crippen LogP contribution in [0.1, 0.15) is 23.2 Å². The second-order valence-electron chi connectivity index (χ2n) is 7.19. The molecule has 0 saturated carbocycles. The van der Waals surface area contributed by atoms with Gasteiger partial charge in [-0.3, -0.25) is 9.59 Å². The van der Waals surface area contributed by atoms with Crippen molar-refractivity contribution in [3.05, 3.63) is 48.0 Å². The zero-order valence-electron chi connectivity index (χ0n) is 17.6. The third-order valence-corrected chi connectivity index (χ3v) is 7.84. The summed E-state index contributed by atoms with van der Waals surface area (Å²) in [7, 11) is 0.924. The maximum absolute atomic E-state index is 13.1. The average Bonchev–Trinajstić information content (AvgIpc) is 3.30. The summed E-state index contributed by atoms with van der Waals surface area (Å²) in [6.07, 6.45) is 1.61. The molecule has 0 aliphatic carbocycles. The summed E-state index contributed by atoms with van der Waals surface area (Å²) in [5.41, 5.74) is 0.643. The van der Waals surface area contributed by atoms with Gasteiger partial charge in [-0.05, 0) is 54.9 Å². The molecule has 1 heterocycles. The zero-order chi connectivity index (χ0) is 22.6. The highest BCUT2D eigenvalue weighted by atomic mass is 32.2. The van der Waals surface area contributed by atoms with Crippen molar-refractivity contribution in [1.29, 1.82) is 0 Å². The molecular weight excluding hydrogens is 438 g/mol. The van der Waals surface area contributed by atoms with E-state index in [4.69, 9.17) is 4.74 Å². The van der Waals surface area contributed by atoms with Crippen LogP contribution in [0.2, 0.25) is 0 Å². The van der Waals surface area contributed by atoms with Crippen LogP contribution in [0, 0.1) is 0 Å². The number of benzene rings is 2. The third kappa shape index (κ3) is 5.20. The van der Waals surface area contributed by atoms with Crippen LogP contribution in [0.3, 0.4) is 0 Å². The zero-order valence-corrected chi connectivity index (χ0v) is 19.3. The predicted octanol–water partition coefficient (Wildman–Crippen LogP) is 3.51. The topological polar surface area (TPSA) is 96.0 Å². The smallest absolute Gasteiger partial charge is 0.286 e. The monoisotopic (exact) mass is 463 g/mol. The number of amides is 2. The van der Waals surface area contributed by atoms with Crippen LogP contribution in [-0.4, -0.2) is 63.1 Å². The highest BCUT2D eigenvalue weighted by molar-refractivity contribution is 8.13. The van der Waals surface area contributed by atoms with Gasteiger partial charge in [-0.1, -0.05) is 12.1 Å². The number of hydrogen-bond donors (Lipinski definition) is 1. The Labute approximate surface area is 186 Å². The third-order valence-electron chi connectivity index (χ3n) is 4.81. The first-order chi connectivity index (χ1) is 14.7. The molecule has 2 aromatic rings. The van der Waals surface area contributed by atoms with E-state index in [-0.39, 0.29) is 21.4 Å². The van der Waals surface area contributed by atoms with Gasteiger partial charge in [0.2, 0.25) is 10.0 Å². The quantitative estimate of drug-likeness (QED) is 0.659. The predicted molar refractivity (Wildman–Crippen MR) is 120 cm³/mol. The molecule has 0 bridgehead atoms. The first-order valence-corrected chi connectivity index (χ1v) is 12.0. The molecule has 1 aliphatic heterocycles. The van der Waals surface area contributed by atoms with Crippen molar-refractivity contribution in [3.63, 3.8) is 0 Å². The second-order valence-corrected chi connectivity index (χ2v) is 10.1. The molecule has 2 amide bonds. The van der Waals surface area contributed by atoms with Crippen LogP contribution in [0.15, 0.2) is 52.3 Å². The van der Waals surface area contributed by atoms with Gasteiger partial charge < -0.3 is 15.0 Å². The largest absolute Gasteiger partial charge is 0.495 e. The van der Waals surface area contributed by atoms with Crippen LogP contribution in [0.25, 0.3) is 0 Å². The number of methoxy groups -OCH3 is 1. The highest BCUT2D eigenvalue weighted by Crippen LogP contribution is 2.32. The summed E-state index contributed by atoms with van der Waals surface area (Å²) in [6.45, 7) is 0.902. The lowest BCUT2D eigenvalue weighted by Crippen LogP contribution is -2.28. The van der Waals surface area contributed by atoms with E-state index in [9.17, 15) is 18.0 Å². The lowest BCUT2D eigenvalue weighted by molar-refractivity contribution is 0.102. The summed E-state index contributed by atoms with van der Waals surface area (Å²) in [6, 6.07) is 11.3. The van der Waals surface area contributed by atoms with Crippen molar-refractivity contribution in [2.45, 2.75) is 22.6 Å². The first kappa shape index (κ1) is 23.1. The van der Waals surface area contributed by atoms with Crippen molar-refractivity contribution in [2.75, 3.05) is 39.6 Å². The van der Waals surface area contributed by atoms with Gasteiger partial charge in [0.1, 0.15) is 10.6 Å². The van der Waals surface area contributed by atoms with Gasteiger partial charge in [0.15, 0.2) is 0 Å². The van der Waals surface area contributed by atoms with Gasteiger partial charge in [0, 0.05) is 37.6 Å². The number of hydrogen-bond acceptors (Lipinski definition) is 6. The number of ether oxygens (including phenoxy) is 1. The molecule has 0 spiro atoms. The van der Waals surface area contributed by atoms with Crippen molar-refractivity contribution >= 4 is 38.6 Å². The summed E-state index contributed by atoms with van der Waals surface area (Å²) in [5.74, 6) is -0.290. The molecule has 3 rings (SSSR count). The molecule has 2 aromatic carbocycles. The Hall–Kier alpha value is -2.56. The Balaban J connectivity index is 1.89. The first-order valence-electron chi connectivity index (χ1n) is 9.71. The molecule has 0 aromatic heterocycles. The molecule has 0 radical (unpaired) electrons. The van der Waals surface area contributed by atoms with Crippen LogP contribution in [0.5, 0.6) is 5.75 Å². The van der Waals surface area contributed by atoms with Crippen LogP contribution in [0.4, 0.5) is 10.5 Å². The molecule has 166 valence electrons. The SMILES string of the molecule is COc1ccc(C(=O)Nc2ccccc2SC(=O)N(C)C)cc1S(=O)(=O)N1CCCC1. The Morgan fingerprint density at radius 2 is 1.77 bits per heavy atom. The molecule has 0 atom stereocenters. The van der Waals surface area contributed by atoms with Crippen molar-refractivity contribution in [1.82, 2.24) is 9.21 Å². The maximum atomic E-state index is 13.1. The summed E-state index contributed by atoms with van der Waals surface area (Å²) >= 11 is 0.996. The number of thioether (sulfide) groups is 1. The van der Waals surface area contributed by atoms with E-state index in [0.29, 0.717) is 23.7 Å². The number of anilines is 1. The van der Waals surface area contributed by atoms with Gasteiger partial charge in [-0.25, -0.2) is 8.42 Å². The molecule has 31 heavy (non-hydrogen) atoms. The van der Waals surface area contributed by atoms with E-state index in [1.54, 1.807) is 38.4 Å². The minimum Gasteiger partial charge on any atom is -0.495 e. The Kier molecular flexibility index (Phi) is 7.24. The number of nitrogens with one attached hydrogen (secondary N) is 1. The lowest BCUT2D eigenvalue weighted by atomic mass is 10.2. The van der Waals surface area contributed by atoms with Gasteiger partial charge in [-0.15, -0.1) is 0 Å².